The number of phenolic OH excluding ortho intramolecular Hbond substituents is 2. The summed E-state index contributed by atoms with van der Waals surface area (Å²) >= 11 is 0. The Bertz CT molecular complexity index is 667. The molecule has 21 heavy (non-hydrogen) atoms. The van der Waals surface area contributed by atoms with Crippen molar-refractivity contribution >= 4 is 11.7 Å². The third-order valence-electron chi connectivity index (χ3n) is 3.28. The molecule has 0 saturated carbocycles. The molecule has 2 aromatic carbocycles. The van der Waals surface area contributed by atoms with E-state index in [4.69, 9.17) is 4.74 Å². The minimum Gasteiger partial charge on any atom is -0.508 e. The van der Waals surface area contributed by atoms with Crippen LogP contribution >= 0.6 is 0 Å². The molecule has 0 aliphatic rings. The van der Waals surface area contributed by atoms with Gasteiger partial charge in [0, 0.05) is 23.9 Å². The summed E-state index contributed by atoms with van der Waals surface area (Å²) < 4.78 is 4.73. The van der Waals surface area contributed by atoms with Gasteiger partial charge in [-0.1, -0.05) is 6.07 Å². The third kappa shape index (κ3) is 3.25. The van der Waals surface area contributed by atoms with Crippen LogP contribution in [0.3, 0.4) is 0 Å². The van der Waals surface area contributed by atoms with E-state index < -0.39 is 0 Å². The number of nitrogens with one attached hydrogen (secondary N) is 1. The predicted molar refractivity (Wildman–Crippen MR) is 79.6 cm³/mol. The zero-order chi connectivity index (χ0) is 15.4. The molecule has 0 aliphatic carbocycles. The van der Waals surface area contributed by atoms with Gasteiger partial charge in [0.05, 0.1) is 12.7 Å². The molecular weight excluding hydrogens is 270 g/mol. The molecule has 0 spiro atoms. The Hall–Kier alpha value is -2.69. The van der Waals surface area contributed by atoms with Crippen molar-refractivity contribution in [1.82, 2.24) is 0 Å². The van der Waals surface area contributed by atoms with Gasteiger partial charge in [-0.25, -0.2) is 4.79 Å². The highest BCUT2D eigenvalue weighted by molar-refractivity contribution is 5.92. The van der Waals surface area contributed by atoms with Crippen LogP contribution < -0.4 is 5.32 Å². The molecule has 0 saturated heterocycles. The largest absolute Gasteiger partial charge is 0.508 e. The fourth-order valence-corrected chi connectivity index (χ4v) is 2.05. The van der Waals surface area contributed by atoms with E-state index >= 15 is 0 Å². The van der Waals surface area contributed by atoms with Gasteiger partial charge in [-0.3, -0.25) is 0 Å². The zero-order valence-corrected chi connectivity index (χ0v) is 11.9. The van der Waals surface area contributed by atoms with Crippen LogP contribution in [0.5, 0.6) is 11.5 Å². The standard InChI is InChI=1S/C16H17NO4/c1-10-13(16(20)21-2)4-3-5-14(10)17-9-11-6-7-12(18)8-15(11)19/h3-8,17-19H,9H2,1-2H3. The minimum atomic E-state index is -0.386. The molecule has 0 aliphatic heterocycles. The number of hydrogen-bond acceptors (Lipinski definition) is 5. The van der Waals surface area contributed by atoms with E-state index in [0.717, 1.165) is 11.3 Å². The number of anilines is 1. The van der Waals surface area contributed by atoms with E-state index in [0.29, 0.717) is 17.7 Å². The zero-order valence-electron chi connectivity index (χ0n) is 11.9. The Morgan fingerprint density at radius 1 is 1.24 bits per heavy atom. The van der Waals surface area contributed by atoms with Crippen LogP contribution in [-0.4, -0.2) is 23.3 Å². The van der Waals surface area contributed by atoms with Crippen molar-refractivity contribution < 1.29 is 19.7 Å². The number of carbonyl (C=O) groups excluding carboxylic acids is 1. The van der Waals surface area contributed by atoms with Crippen LogP contribution in [0.1, 0.15) is 21.5 Å². The smallest absolute Gasteiger partial charge is 0.338 e. The number of phenols is 2. The SMILES string of the molecule is COC(=O)c1cccc(NCc2ccc(O)cc2O)c1C. The van der Waals surface area contributed by atoms with Gasteiger partial charge >= 0.3 is 5.97 Å². The van der Waals surface area contributed by atoms with Crippen molar-refractivity contribution in [3.8, 4) is 11.5 Å². The lowest BCUT2D eigenvalue weighted by Gasteiger charge is -2.13. The molecule has 5 nitrogen and oxygen atoms in total. The first-order valence-corrected chi connectivity index (χ1v) is 6.45. The van der Waals surface area contributed by atoms with E-state index in [9.17, 15) is 15.0 Å². The van der Waals surface area contributed by atoms with Gasteiger partial charge in [0.1, 0.15) is 11.5 Å². The fourth-order valence-electron chi connectivity index (χ4n) is 2.05. The molecule has 110 valence electrons. The van der Waals surface area contributed by atoms with Gasteiger partial charge in [-0.15, -0.1) is 0 Å². The van der Waals surface area contributed by atoms with E-state index in [-0.39, 0.29) is 17.5 Å². The molecule has 5 heteroatoms. The van der Waals surface area contributed by atoms with Crippen LogP contribution in [0, 0.1) is 6.92 Å². The first-order valence-electron chi connectivity index (χ1n) is 6.45. The van der Waals surface area contributed by atoms with Gasteiger partial charge in [0.25, 0.3) is 0 Å². The summed E-state index contributed by atoms with van der Waals surface area (Å²) in [6.07, 6.45) is 0. The number of rotatable bonds is 4. The molecule has 3 N–H and O–H groups in total. The molecule has 2 rings (SSSR count). The Balaban J connectivity index is 2.18. The average Bonchev–Trinajstić information content (AvgIpc) is 2.47. The number of aromatic hydroxyl groups is 2. The number of hydrogen-bond donors (Lipinski definition) is 3. The monoisotopic (exact) mass is 287 g/mol. The second-order valence-corrected chi connectivity index (χ2v) is 4.64. The molecule has 0 radical (unpaired) electrons. The van der Waals surface area contributed by atoms with E-state index in [1.54, 1.807) is 18.2 Å². The Kier molecular flexibility index (Phi) is 4.33. The van der Waals surface area contributed by atoms with Crippen LogP contribution in [0.2, 0.25) is 0 Å². The maximum Gasteiger partial charge on any atom is 0.338 e. The van der Waals surface area contributed by atoms with Gasteiger partial charge in [-0.2, -0.15) is 0 Å². The average molecular weight is 287 g/mol. The fraction of sp³-hybridized carbons (Fsp3) is 0.188. The highest BCUT2D eigenvalue weighted by atomic mass is 16.5. The third-order valence-corrected chi connectivity index (χ3v) is 3.28. The molecule has 0 heterocycles. The summed E-state index contributed by atoms with van der Waals surface area (Å²) in [6.45, 7) is 2.20. The maximum absolute atomic E-state index is 11.6. The van der Waals surface area contributed by atoms with Crippen molar-refractivity contribution in [1.29, 1.82) is 0 Å². The van der Waals surface area contributed by atoms with Gasteiger partial charge < -0.3 is 20.3 Å². The summed E-state index contributed by atoms with van der Waals surface area (Å²) in [7, 11) is 1.34. The summed E-state index contributed by atoms with van der Waals surface area (Å²) in [5.41, 5.74) is 2.71. The molecule has 0 bridgehead atoms. The van der Waals surface area contributed by atoms with Crippen molar-refractivity contribution in [2.75, 3.05) is 12.4 Å². The Labute approximate surface area is 122 Å². The van der Waals surface area contributed by atoms with Crippen LogP contribution in [0.25, 0.3) is 0 Å². The van der Waals surface area contributed by atoms with E-state index in [1.807, 2.05) is 13.0 Å². The lowest BCUT2D eigenvalue weighted by atomic mass is 10.1. The Morgan fingerprint density at radius 3 is 2.67 bits per heavy atom. The maximum atomic E-state index is 11.6. The number of carbonyl (C=O) groups is 1. The molecule has 0 aromatic heterocycles. The second-order valence-electron chi connectivity index (χ2n) is 4.64. The molecule has 2 aromatic rings. The number of benzene rings is 2. The highest BCUT2D eigenvalue weighted by Gasteiger charge is 2.12. The van der Waals surface area contributed by atoms with Gasteiger partial charge in [0.2, 0.25) is 0 Å². The van der Waals surface area contributed by atoms with Crippen LogP contribution in [-0.2, 0) is 11.3 Å². The van der Waals surface area contributed by atoms with Crippen LogP contribution in [0.15, 0.2) is 36.4 Å². The Morgan fingerprint density at radius 2 is 2.00 bits per heavy atom. The molecule has 0 unspecified atom stereocenters. The lowest BCUT2D eigenvalue weighted by Crippen LogP contribution is -2.07. The van der Waals surface area contributed by atoms with E-state index in [2.05, 4.69) is 5.32 Å². The van der Waals surface area contributed by atoms with Crippen molar-refractivity contribution in [2.24, 2.45) is 0 Å². The lowest BCUT2D eigenvalue weighted by molar-refractivity contribution is 0.0600. The molecule has 0 amide bonds. The first-order chi connectivity index (χ1) is 10.0. The first kappa shape index (κ1) is 14.7. The summed E-state index contributed by atoms with van der Waals surface area (Å²) in [5, 5.41) is 22.2. The van der Waals surface area contributed by atoms with Gasteiger partial charge in [0.15, 0.2) is 0 Å². The van der Waals surface area contributed by atoms with E-state index in [1.165, 1.54) is 19.2 Å². The molecule has 0 atom stereocenters. The molecular formula is C16H17NO4. The molecule has 0 fully saturated rings. The highest BCUT2D eigenvalue weighted by Crippen LogP contribution is 2.25. The predicted octanol–water partition coefficient (Wildman–Crippen LogP) is 2.80. The van der Waals surface area contributed by atoms with Crippen LogP contribution in [0.4, 0.5) is 5.69 Å². The summed E-state index contributed by atoms with van der Waals surface area (Å²) in [4.78, 5) is 11.6. The van der Waals surface area contributed by atoms with Crippen molar-refractivity contribution in [2.45, 2.75) is 13.5 Å². The number of esters is 1. The topological polar surface area (TPSA) is 78.8 Å². The normalized spacial score (nSPS) is 10.2. The van der Waals surface area contributed by atoms with Crippen molar-refractivity contribution in [3.05, 3.63) is 53.1 Å². The van der Waals surface area contributed by atoms with Crippen molar-refractivity contribution in [3.63, 3.8) is 0 Å². The summed E-state index contributed by atoms with van der Waals surface area (Å²) in [6, 6.07) is 9.74. The quantitative estimate of drug-likeness (QED) is 0.754. The number of ether oxygens (including phenoxy) is 1. The van der Waals surface area contributed by atoms with Gasteiger partial charge in [-0.05, 0) is 36.8 Å². The minimum absolute atomic E-state index is 0.0140. The second kappa shape index (κ2) is 6.17. The summed E-state index contributed by atoms with van der Waals surface area (Å²) in [5.74, 6) is -0.354. The number of methoxy groups -OCH3 is 1.